The molecule has 0 amide bonds. The number of esters is 1. The predicted octanol–water partition coefficient (Wildman–Crippen LogP) is 3.10. The zero-order chi connectivity index (χ0) is 19.9. The van der Waals surface area contributed by atoms with Gasteiger partial charge in [-0.2, -0.15) is 15.0 Å². The van der Waals surface area contributed by atoms with Crippen molar-refractivity contribution in [2.75, 3.05) is 24.7 Å². The first-order valence-electron chi connectivity index (χ1n) is 8.64. The Morgan fingerprint density at radius 1 is 1.04 bits per heavy atom. The van der Waals surface area contributed by atoms with E-state index in [2.05, 4.69) is 15.0 Å². The van der Waals surface area contributed by atoms with Gasteiger partial charge in [0.15, 0.2) is 12.4 Å². The molecule has 1 atom stereocenters. The number of aromatic nitrogens is 3. The van der Waals surface area contributed by atoms with Crippen molar-refractivity contribution in [2.45, 2.75) is 16.8 Å². The van der Waals surface area contributed by atoms with Crippen molar-refractivity contribution in [3.63, 3.8) is 0 Å². The van der Waals surface area contributed by atoms with Crippen molar-refractivity contribution in [1.29, 1.82) is 0 Å². The fourth-order valence-electron chi connectivity index (χ4n) is 2.42. The van der Waals surface area contributed by atoms with Gasteiger partial charge in [0.1, 0.15) is 5.25 Å². The largest absolute Gasteiger partial charge is 0.456 e. The molecule has 0 radical (unpaired) electrons. The standard InChI is InChI=1S/C20H21N5O2S/c1-25(2)20-23-16(22-19(21)24-20)13-27-18(26)17(14-9-5-3-6-10-14)28-15-11-7-4-8-12-15/h3-12,17H,13H2,1-2H3,(H2,21,22,23,24)/t17-/m0/s1. The minimum atomic E-state index is -0.504. The SMILES string of the molecule is CN(C)c1nc(N)nc(COC(=O)[C@@H](Sc2ccccc2)c2ccccc2)n1. The summed E-state index contributed by atoms with van der Waals surface area (Å²) in [4.78, 5) is 27.9. The summed E-state index contributed by atoms with van der Waals surface area (Å²) in [7, 11) is 3.60. The molecule has 8 heteroatoms. The fourth-order valence-corrected chi connectivity index (χ4v) is 3.46. The maximum atomic E-state index is 12.9. The Bertz CT molecular complexity index is 922. The van der Waals surface area contributed by atoms with Gasteiger partial charge in [0, 0.05) is 19.0 Å². The highest BCUT2D eigenvalue weighted by Crippen LogP contribution is 2.36. The van der Waals surface area contributed by atoms with Gasteiger partial charge in [0.25, 0.3) is 0 Å². The van der Waals surface area contributed by atoms with Crippen molar-refractivity contribution >= 4 is 29.6 Å². The van der Waals surface area contributed by atoms with E-state index >= 15 is 0 Å². The lowest BCUT2D eigenvalue weighted by molar-refractivity contribution is -0.144. The quantitative estimate of drug-likeness (QED) is 0.482. The predicted molar refractivity (Wildman–Crippen MR) is 110 cm³/mol. The highest BCUT2D eigenvalue weighted by atomic mass is 32.2. The molecule has 0 unspecified atom stereocenters. The Labute approximate surface area is 168 Å². The minimum absolute atomic E-state index is 0.0783. The molecule has 0 saturated heterocycles. The van der Waals surface area contributed by atoms with Gasteiger partial charge in [-0.15, -0.1) is 11.8 Å². The highest BCUT2D eigenvalue weighted by molar-refractivity contribution is 8.00. The maximum Gasteiger partial charge on any atom is 0.324 e. The number of nitrogens with zero attached hydrogens (tertiary/aromatic N) is 4. The fraction of sp³-hybridized carbons (Fsp3) is 0.200. The van der Waals surface area contributed by atoms with E-state index < -0.39 is 5.25 Å². The highest BCUT2D eigenvalue weighted by Gasteiger charge is 2.24. The summed E-state index contributed by atoms with van der Waals surface area (Å²) in [6.07, 6.45) is 0. The summed E-state index contributed by atoms with van der Waals surface area (Å²) in [5, 5.41) is -0.504. The van der Waals surface area contributed by atoms with Crippen LogP contribution in [0.15, 0.2) is 65.6 Å². The minimum Gasteiger partial charge on any atom is -0.456 e. The molecule has 3 aromatic rings. The molecule has 0 aliphatic carbocycles. The van der Waals surface area contributed by atoms with Crippen molar-refractivity contribution in [3.8, 4) is 0 Å². The van der Waals surface area contributed by atoms with Crippen LogP contribution in [0.2, 0.25) is 0 Å². The summed E-state index contributed by atoms with van der Waals surface area (Å²) in [5.74, 6) is 0.436. The third-order valence-electron chi connectivity index (χ3n) is 3.74. The molecule has 0 aliphatic rings. The average Bonchev–Trinajstić information content (AvgIpc) is 2.71. The lowest BCUT2D eigenvalue weighted by Crippen LogP contribution is -2.18. The number of anilines is 2. The second kappa shape index (κ2) is 9.18. The zero-order valence-corrected chi connectivity index (χ0v) is 16.5. The van der Waals surface area contributed by atoms with Crippen LogP contribution in [0.5, 0.6) is 0 Å². The summed E-state index contributed by atoms with van der Waals surface area (Å²) in [6.45, 7) is -0.0783. The number of nitrogens with two attached hydrogens (primary N) is 1. The van der Waals surface area contributed by atoms with Crippen LogP contribution in [0, 0.1) is 0 Å². The van der Waals surface area contributed by atoms with E-state index in [-0.39, 0.29) is 18.5 Å². The maximum absolute atomic E-state index is 12.9. The van der Waals surface area contributed by atoms with Crippen molar-refractivity contribution in [2.24, 2.45) is 0 Å². The molecule has 7 nitrogen and oxygen atoms in total. The van der Waals surface area contributed by atoms with Crippen LogP contribution in [0.3, 0.4) is 0 Å². The molecule has 2 N–H and O–H groups in total. The number of carbonyl (C=O) groups is 1. The molecule has 2 aromatic carbocycles. The van der Waals surface area contributed by atoms with E-state index in [1.54, 1.807) is 19.0 Å². The van der Waals surface area contributed by atoms with Crippen LogP contribution < -0.4 is 10.6 Å². The Balaban J connectivity index is 1.76. The molecular formula is C20H21N5O2S. The van der Waals surface area contributed by atoms with Crippen LogP contribution in [0.1, 0.15) is 16.6 Å². The third-order valence-corrected chi connectivity index (χ3v) is 4.99. The lowest BCUT2D eigenvalue weighted by Gasteiger charge is -2.16. The van der Waals surface area contributed by atoms with Gasteiger partial charge >= 0.3 is 5.97 Å². The zero-order valence-electron chi connectivity index (χ0n) is 15.6. The number of ether oxygens (including phenoxy) is 1. The van der Waals surface area contributed by atoms with E-state index in [1.807, 2.05) is 60.7 Å². The monoisotopic (exact) mass is 395 g/mol. The summed E-state index contributed by atoms with van der Waals surface area (Å²) >= 11 is 1.44. The number of thioether (sulfide) groups is 1. The van der Waals surface area contributed by atoms with Crippen LogP contribution in [-0.2, 0) is 16.1 Å². The summed E-state index contributed by atoms with van der Waals surface area (Å²) < 4.78 is 5.52. The Hall–Kier alpha value is -3.13. The first-order valence-corrected chi connectivity index (χ1v) is 9.52. The normalized spacial score (nSPS) is 11.6. The van der Waals surface area contributed by atoms with Crippen molar-refractivity contribution < 1.29 is 9.53 Å². The van der Waals surface area contributed by atoms with Gasteiger partial charge in [0.2, 0.25) is 11.9 Å². The van der Waals surface area contributed by atoms with Crippen LogP contribution >= 0.6 is 11.8 Å². The second-order valence-electron chi connectivity index (χ2n) is 6.13. The molecule has 3 rings (SSSR count). The second-order valence-corrected chi connectivity index (χ2v) is 7.31. The Morgan fingerprint density at radius 3 is 2.32 bits per heavy atom. The van der Waals surface area contributed by atoms with E-state index in [0.29, 0.717) is 11.8 Å². The first kappa shape index (κ1) is 19.6. The van der Waals surface area contributed by atoms with Gasteiger partial charge in [-0.1, -0.05) is 48.5 Å². The summed E-state index contributed by atoms with van der Waals surface area (Å²) in [5.41, 5.74) is 6.59. The number of nitrogen functional groups attached to an aromatic ring is 1. The van der Waals surface area contributed by atoms with Crippen LogP contribution in [0.25, 0.3) is 0 Å². The molecule has 1 aromatic heterocycles. The Kier molecular flexibility index (Phi) is 6.44. The molecule has 0 saturated carbocycles. The van der Waals surface area contributed by atoms with Crippen molar-refractivity contribution in [3.05, 3.63) is 72.1 Å². The van der Waals surface area contributed by atoms with Gasteiger partial charge < -0.3 is 15.4 Å². The van der Waals surface area contributed by atoms with Crippen molar-refractivity contribution in [1.82, 2.24) is 15.0 Å². The average molecular weight is 395 g/mol. The Morgan fingerprint density at radius 2 is 1.68 bits per heavy atom. The van der Waals surface area contributed by atoms with Crippen LogP contribution in [-0.4, -0.2) is 35.0 Å². The molecule has 28 heavy (non-hydrogen) atoms. The van der Waals surface area contributed by atoms with E-state index in [0.717, 1.165) is 10.5 Å². The molecule has 144 valence electrons. The van der Waals surface area contributed by atoms with Gasteiger partial charge in [-0.3, -0.25) is 4.79 Å². The number of hydrogen-bond donors (Lipinski definition) is 1. The van der Waals surface area contributed by atoms with Crippen LogP contribution in [0.4, 0.5) is 11.9 Å². The molecule has 0 spiro atoms. The topological polar surface area (TPSA) is 94.2 Å². The number of hydrogen-bond acceptors (Lipinski definition) is 8. The molecule has 0 aliphatic heterocycles. The molecule has 0 fully saturated rings. The van der Waals surface area contributed by atoms with Gasteiger partial charge in [0.05, 0.1) is 0 Å². The molecule has 0 bridgehead atoms. The van der Waals surface area contributed by atoms with E-state index in [4.69, 9.17) is 10.5 Å². The van der Waals surface area contributed by atoms with E-state index in [1.165, 1.54) is 11.8 Å². The number of carbonyl (C=O) groups excluding carboxylic acids is 1. The van der Waals surface area contributed by atoms with Gasteiger partial charge in [-0.05, 0) is 17.7 Å². The lowest BCUT2D eigenvalue weighted by atomic mass is 10.1. The van der Waals surface area contributed by atoms with E-state index in [9.17, 15) is 4.79 Å². The summed E-state index contributed by atoms with van der Waals surface area (Å²) in [6, 6.07) is 19.3. The number of benzene rings is 2. The molecule has 1 heterocycles. The van der Waals surface area contributed by atoms with Gasteiger partial charge in [-0.25, -0.2) is 0 Å². The third kappa shape index (κ3) is 5.20. The molecular weight excluding hydrogens is 374 g/mol. The first-order chi connectivity index (χ1) is 13.5. The smallest absolute Gasteiger partial charge is 0.324 e. The number of rotatable bonds is 7.